The lowest BCUT2D eigenvalue weighted by Crippen LogP contribution is -2.44. The van der Waals surface area contributed by atoms with Crippen molar-refractivity contribution in [3.05, 3.63) is 102 Å². The third-order valence-electron chi connectivity index (χ3n) is 7.03. The summed E-state index contributed by atoms with van der Waals surface area (Å²) < 4.78 is 0. The fourth-order valence-electron chi connectivity index (χ4n) is 5.61. The Morgan fingerprint density at radius 3 is 2.32 bits per heavy atom. The van der Waals surface area contributed by atoms with Crippen LogP contribution in [0.15, 0.2) is 84.9 Å². The van der Waals surface area contributed by atoms with E-state index in [1.54, 1.807) is 0 Å². The van der Waals surface area contributed by atoms with E-state index in [0.717, 1.165) is 38.0 Å². The number of carbonyl (C=O) groups excluding carboxylic acids is 1. The molecule has 0 saturated carbocycles. The van der Waals surface area contributed by atoms with Crippen LogP contribution in [0.3, 0.4) is 0 Å². The van der Waals surface area contributed by atoms with Gasteiger partial charge in [-0.25, -0.2) is 0 Å². The predicted molar refractivity (Wildman–Crippen MR) is 126 cm³/mol. The first kappa shape index (κ1) is 20.0. The van der Waals surface area contributed by atoms with E-state index in [4.69, 9.17) is 0 Å². The molecule has 158 valence electrons. The Kier molecular flexibility index (Phi) is 5.37. The molecule has 31 heavy (non-hydrogen) atoms. The lowest BCUT2D eigenvalue weighted by atomic mass is 9.72. The van der Waals surface area contributed by atoms with Gasteiger partial charge in [-0.2, -0.15) is 0 Å². The van der Waals surface area contributed by atoms with Crippen molar-refractivity contribution in [2.75, 3.05) is 18.0 Å². The van der Waals surface area contributed by atoms with Gasteiger partial charge >= 0.3 is 0 Å². The van der Waals surface area contributed by atoms with Crippen LogP contribution in [0.1, 0.15) is 48.9 Å². The summed E-state index contributed by atoms with van der Waals surface area (Å²) in [6, 6.07) is 29.6. The van der Waals surface area contributed by atoms with Gasteiger partial charge in [0.2, 0.25) is 5.91 Å². The highest BCUT2D eigenvalue weighted by atomic mass is 16.2. The third kappa shape index (κ3) is 3.28. The molecule has 0 aliphatic carbocycles. The highest BCUT2D eigenvalue weighted by Crippen LogP contribution is 2.56. The molecule has 3 nitrogen and oxygen atoms in total. The number of hydrogen-bond donors (Lipinski definition) is 0. The van der Waals surface area contributed by atoms with E-state index in [1.165, 1.54) is 16.7 Å². The molecule has 1 saturated heterocycles. The second-order valence-corrected chi connectivity index (χ2v) is 8.82. The number of nitrogens with zero attached hydrogens (tertiary/aromatic N) is 2. The molecule has 2 aliphatic rings. The molecule has 0 bridgehead atoms. The van der Waals surface area contributed by atoms with E-state index in [0.29, 0.717) is 6.54 Å². The van der Waals surface area contributed by atoms with E-state index in [1.807, 2.05) is 23.1 Å². The zero-order valence-electron chi connectivity index (χ0n) is 18.2. The number of anilines is 1. The van der Waals surface area contributed by atoms with Crippen LogP contribution in [0, 0.1) is 0 Å². The normalized spacial score (nSPS) is 22.9. The Bertz CT molecular complexity index is 1050. The lowest BCUT2D eigenvalue weighted by Gasteiger charge is -2.35. The van der Waals surface area contributed by atoms with Gasteiger partial charge in [-0.15, -0.1) is 0 Å². The van der Waals surface area contributed by atoms with E-state index in [9.17, 15) is 4.79 Å². The van der Waals surface area contributed by atoms with Gasteiger partial charge in [0.15, 0.2) is 0 Å². The minimum atomic E-state index is -0.513. The molecular formula is C28H30N2O. The van der Waals surface area contributed by atoms with Crippen molar-refractivity contribution in [2.45, 2.75) is 44.2 Å². The summed E-state index contributed by atoms with van der Waals surface area (Å²) in [5.41, 5.74) is 4.18. The zero-order chi connectivity index (χ0) is 21.3. The lowest BCUT2D eigenvalue weighted by molar-refractivity contribution is -0.124. The van der Waals surface area contributed by atoms with Crippen molar-refractivity contribution >= 4 is 11.6 Å². The molecule has 0 unspecified atom stereocenters. The summed E-state index contributed by atoms with van der Waals surface area (Å²) in [7, 11) is 0. The van der Waals surface area contributed by atoms with Gasteiger partial charge in [0.25, 0.3) is 0 Å². The molecule has 3 heteroatoms. The van der Waals surface area contributed by atoms with E-state index in [2.05, 4.69) is 78.6 Å². The summed E-state index contributed by atoms with van der Waals surface area (Å²) in [5, 5.41) is 0. The van der Waals surface area contributed by atoms with Crippen LogP contribution in [0.5, 0.6) is 0 Å². The highest BCUT2D eigenvalue weighted by molar-refractivity contribution is 6.09. The van der Waals surface area contributed by atoms with Gasteiger partial charge in [0, 0.05) is 12.2 Å². The van der Waals surface area contributed by atoms with Crippen molar-refractivity contribution in [2.24, 2.45) is 0 Å². The van der Waals surface area contributed by atoms with Crippen LogP contribution < -0.4 is 4.90 Å². The maximum absolute atomic E-state index is 14.3. The number of para-hydroxylation sites is 1. The second-order valence-electron chi connectivity index (χ2n) is 8.82. The van der Waals surface area contributed by atoms with Crippen LogP contribution in [-0.4, -0.2) is 23.9 Å². The standard InChI is InChI=1S/C28H30N2O/c1-2-3-19-29-20-18-28(26(29)23-14-8-5-9-15-23)24-16-10-11-17-25(24)30(27(28)31)21-22-12-6-4-7-13-22/h4-17,26H,2-3,18-21H2,1H3/t26-,28-/m1/s1. The van der Waals surface area contributed by atoms with Gasteiger partial charge in [-0.3, -0.25) is 9.69 Å². The Labute approximate surface area is 185 Å². The zero-order valence-corrected chi connectivity index (χ0v) is 18.2. The Balaban J connectivity index is 1.62. The maximum atomic E-state index is 14.3. The van der Waals surface area contributed by atoms with Crippen molar-refractivity contribution in [3.63, 3.8) is 0 Å². The SMILES string of the molecule is CCCCN1CC[C@]2(C(=O)N(Cc3ccccc3)c3ccccc32)[C@H]1c1ccccc1. The highest BCUT2D eigenvalue weighted by Gasteiger charge is 2.60. The molecule has 2 heterocycles. The van der Waals surface area contributed by atoms with Gasteiger partial charge in [0.05, 0.1) is 18.0 Å². The van der Waals surface area contributed by atoms with Crippen LogP contribution >= 0.6 is 0 Å². The quantitative estimate of drug-likeness (QED) is 0.519. The Morgan fingerprint density at radius 2 is 1.58 bits per heavy atom. The van der Waals surface area contributed by atoms with Crippen LogP contribution in [0.25, 0.3) is 0 Å². The van der Waals surface area contributed by atoms with Gasteiger partial charge < -0.3 is 4.90 Å². The largest absolute Gasteiger partial charge is 0.307 e. The minimum absolute atomic E-state index is 0.0784. The summed E-state index contributed by atoms with van der Waals surface area (Å²) in [5.74, 6) is 0.255. The summed E-state index contributed by atoms with van der Waals surface area (Å²) in [6.45, 7) is 4.85. The number of hydrogen-bond acceptors (Lipinski definition) is 2. The topological polar surface area (TPSA) is 23.6 Å². The first-order valence-electron chi connectivity index (χ1n) is 11.5. The molecular weight excluding hydrogens is 380 g/mol. The second kappa shape index (κ2) is 8.32. The number of carbonyl (C=O) groups is 1. The molecule has 0 N–H and O–H groups in total. The molecule has 1 amide bonds. The van der Waals surface area contributed by atoms with Crippen molar-refractivity contribution in [1.29, 1.82) is 0 Å². The van der Waals surface area contributed by atoms with Gasteiger partial charge in [0.1, 0.15) is 0 Å². The number of amides is 1. The molecule has 1 fully saturated rings. The van der Waals surface area contributed by atoms with Crippen LogP contribution in [0.4, 0.5) is 5.69 Å². The molecule has 2 atom stereocenters. The molecule has 3 aromatic carbocycles. The molecule has 3 aromatic rings. The first-order chi connectivity index (χ1) is 15.3. The van der Waals surface area contributed by atoms with Gasteiger partial charge in [-0.05, 0) is 42.1 Å². The van der Waals surface area contributed by atoms with Crippen molar-refractivity contribution in [1.82, 2.24) is 4.90 Å². The monoisotopic (exact) mass is 410 g/mol. The number of likely N-dealkylation sites (tertiary alicyclic amines) is 1. The first-order valence-corrected chi connectivity index (χ1v) is 11.5. The van der Waals surface area contributed by atoms with E-state index in [-0.39, 0.29) is 11.9 Å². The molecule has 5 rings (SSSR count). The van der Waals surface area contributed by atoms with Gasteiger partial charge in [-0.1, -0.05) is 92.2 Å². The number of unbranched alkanes of at least 4 members (excludes halogenated alkanes) is 1. The molecule has 0 aromatic heterocycles. The average Bonchev–Trinajstić information content (AvgIpc) is 3.32. The predicted octanol–water partition coefficient (Wildman–Crippen LogP) is 5.72. The Hall–Kier alpha value is -2.91. The minimum Gasteiger partial charge on any atom is -0.307 e. The third-order valence-corrected chi connectivity index (χ3v) is 7.03. The van der Waals surface area contributed by atoms with E-state index >= 15 is 0 Å². The smallest absolute Gasteiger partial charge is 0.240 e. The summed E-state index contributed by atoms with van der Waals surface area (Å²) in [4.78, 5) is 18.9. The molecule has 2 aliphatic heterocycles. The van der Waals surface area contributed by atoms with E-state index < -0.39 is 5.41 Å². The molecule has 0 radical (unpaired) electrons. The molecule has 1 spiro atoms. The summed E-state index contributed by atoms with van der Waals surface area (Å²) >= 11 is 0. The number of fused-ring (bicyclic) bond motifs is 2. The number of benzene rings is 3. The summed E-state index contributed by atoms with van der Waals surface area (Å²) in [6.07, 6.45) is 3.19. The van der Waals surface area contributed by atoms with Crippen LogP contribution in [0.2, 0.25) is 0 Å². The van der Waals surface area contributed by atoms with Crippen molar-refractivity contribution in [3.8, 4) is 0 Å². The fraction of sp³-hybridized carbons (Fsp3) is 0.321. The average molecular weight is 411 g/mol. The fourth-order valence-corrected chi connectivity index (χ4v) is 5.61. The van der Waals surface area contributed by atoms with Crippen molar-refractivity contribution < 1.29 is 4.79 Å². The Morgan fingerprint density at radius 1 is 0.903 bits per heavy atom. The maximum Gasteiger partial charge on any atom is 0.240 e. The van der Waals surface area contributed by atoms with Crippen LogP contribution in [-0.2, 0) is 16.8 Å². The number of rotatable bonds is 6.